The van der Waals surface area contributed by atoms with E-state index in [0.29, 0.717) is 5.89 Å². The van der Waals surface area contributed by atoms with E-state index in [-0.39, 0.29) is 0 Å². The average molecular weight is 322 g/mol. The highest BCUT2D eigenvalue weighted by Crippen LogP contribution is 2.31. The van der Waals surface area contributed by atoms with E-state index in [1.807, 2.05) is 19.2 Å². The molecule has 0 aliphatic rings. The summed E-state index contributed by atoms with van der Waals surface area (Å²) < 4.78 is 12.8. The Kier molecular flexibility index (Phi) is 3.65. The van der Waals surface area contributed by atoms with Gasteiger partial charge in [-0.3, -0.25) is 4.98 Å². The predicted octanol–water partition coefficient (Wildman–Crippen LogP) is 3.52. The van der Waals surface area contributed by atoms with E-state index in [1.54, 1.807) is 7.11 Å². The molecule has 0 unspecified atom stereocenters. The first-order valence-corrected chi connectivity index (χ1v) is 7.94. The molecule has 0 saturated heterocycles. The minimum absolute atomic E-state index is 0.669. The Bertz CT molecular complexity index is 989. The van der Waals surface area contributed by atoms with Crippen LogP contribution in [0.4, 0.5) is 0 Å². The molecule has 6 heteroatoms. The molecule has 3 aromatic heterocycles. The third kappa shape index (κ3) is 2.50. The highest BCUT2D eigenvalue weighted by molar-refractivity contribution is 6.08. The van der Waals surface area contributed by atoms with Gasteiger partial charge in [-0.25, -0.2) is 0 Å². The first-order valence-electron chi connectivity index (χ1n) is 7.94. The minimum atomic E-state index is 0.669. The average Bonchev–Trinajstić information content (AvgIpc) is 3.21. The zero-order valence-electron chi connectivity index (χ0n) is 13.7. The van der Waals surface area contributed by atoms with Crippen LogP contribution in [0.25, 0.3) is 21.8 Å². The van der Waals surface area contributed by atoms with Gasteiger partial charge in [0.15, 0.2) is 6.33 Å². The number of nitrogens with zero attached hydrogens (tertiary/aromatic N) is 4. The molecule has 1 aromatic carbocycles. The fourth-order valence-electron chi connectivity index (χ4n) is 3.14. The maximum absolute atomic E-state index is 5.40. The molecule has 24 heavy (non-hydrogen) atoms. The topological polar surface area (TPSA) is 66.0 Å². The van der Waals surface area contributed by atoms with E-state index in [1.165, 1.54) is 17.1 Å². The van der Waals surface area contributed by atoms with E-state index in [0.717, 1.165) is 41.9 Å². The first kappa shape index (κ1) is 14.7. The van der Waals surface area contributed by atoms with Crippen LogP contribution in [-0.2, 0) is 13.0 Å². The molecule has 0 amide bonds. The normalized spacial score (nSPS) is 11.4. The van der Waals surface area contributed by atoms with Crippen molar-refractivity contribution in [2.75, 3.05) is 7.11 Å². The molecule has 0 N–H and O–H groups in total. The molecule has 0 spiro atoms. The number of rotatable bonds is 5. The molecule has 6 nitrogen and oxygen atoms in total. The SMILES string of the molecule is COc1ccc2c3cc(C)ncc3n(CCCc3ncno3)c2c1. The van der Waals surface area contributed by atoms with Crippen molar-refractivity contribution in [3.8, 4) is 5.75 Å². The summed E-state index contributed by atoms with van der Waals surface area (Å²) in [5.74, 6) is 1.52. The number of aryl methyl sites for hydroxylation is 3. The second-order valence-electron chi connectivity index (χ2n) is 5.82. The highest BCUT2D eigenvalue weighted by atomic mass is 16.5. The Labute approximate surface area is 139 Å². The predicted molar refractivity (Wildman–Crippen MR) is 91.1 cm³/mol. The fraction of sp³-hybridized carbons (Fsp3) is 0.278. The van der Waals surface area contributed by atoms with Gasteiger partial charge >= 0.3 is 0 Å². The number of hydrogen-bond acceptors (Lipinski definition) is 5. The van der Waals surface area contributed by atoms with Gasteiger partial charge < -0.3 is 13.8 Å². The monoisotopic (exact) mass is 322 g/mol. The second-order valence-corrected chi connectivity index (χ2v) is 5.82. The van der Waals surface area contributed by atoms with E-state index < -0.39 is 0 Å². The van der Waals surface area contributed by atoms with Gasteiger partial charge in [0.2, 0.25) is 5.89 Å². The lowest BCUT2D eigenvalue weighted by Crippen LogP contribution is -2.00. The summed E-state index contributed by atoms with van der Waals surface area (Å²) in [6.07, 6.45) is 5.05. The van der Waals surface area contributed by atoms with Crippen molar-refractivity contribution in [2.24, 2.45) is 0 Å². The van der Waals surface area contributed by atoms with Gasteiger partial charge in [0.25, 0.3) is 0 Å². The summed E-state index contributed by atoms with van der Waals surface area (Å²) in [6.45, 7) is 2.86. The van der Waals surface area contributed by atoms with Crippen molar-refractivity contribution < 1.29 is 9.26 Å². The van der Waals surface area contributed by atoms with E-state index in [4.69, 9.17) is 9.26 Å². The van der Waals surface area contributed by atoms with Crippen molar-refractivity contribution in [1.29, 1.82) is 0 Å². The van der Waals surface area contributed by atoms with Gasteiger partial charge in [0, 0.05) is 35.5 Å². The number of methoxy groups -OCH3 is 1. The second kappa shape index (κ2) is 5.96. The summed E-state index contributed by atoms with van der Waals surface area (Å²) in [6, 6.07) is 8.33. The maximum Gasteiger partial charge on any atom is 0.226 e. The molecular weight excluding hydrogens is 304 g/mol. The highest BCUT2D eigenvalue weighted by Gasteiger charge is 2.12. The van der Waals surface area contributed by atoms with Crippen LogP contribution in [0.3, 0.4) is 0 Å². The molecule has 0 atom stereocenters. The summed E-state index contributed by atoms with van der Waals surface area (Å²) in [5.41, 5.74) is 3.31. The number of benzene rings is 1. The Morgan fingerprint density at radius 1 is 1.12 bits per heavy atom. The number of pyridine rings is 1. The molecule has 3 heterocycles. The standard InChI is InChI=1S/C18H18N4O2/c1-12-8-15-14-6-5-13(23-2)9-16(14)22(17(15)10-19-12)7-3-4-18-20-11-21-24-18/h5-6,8-11H,3-4,7H2,1-2H3. The van der Waals surface area contributed by atoms with Gasteiger partial charge in [-0.2, -0.15) is 4.98 Å². The largest absolute Gasteiger partial charge is 0.497 e. The van der Waals surface area contributed by atoms with Crippen LogP contribution >= 0.6 is 0 Å². The Balaban J connectivity index is 1.77. The molecule has 0 aliphatic carbocycles. The van der Waals surface area contributed by atoms with E-state index >= 15 is 0 Å². The van der Waals surface area contributed by atoms with Gasteiger partial charge in [-0.15, -0.1) is 0 Å². The van der Waals surface area contributed by atoms with E-state index in [9.17, 15) is 0 Å². The van der Waals surface area contributed by atoms with Crippen LogP contribution in [-0.4, -0.2) is 26.8 Å². The molecule has 0 radical (unpaired) electrons. The lowest BCUT2D eigenvalue weighted by molar-refractivity contribution is 0.372. The fourth-order valence-corrected chi connectivity index (χ4v) is 3.14. The molecule has 0 saturated carbocycles. The van der Waals surface area contributed by atoms with Gasteiger partial charge in [0.05, 0.1) is 24.3 Å². The smallest absolute Gasteiger partial charge is 0.226 e. The molecule has 122 valence electrons. The third-order valence-corrected chi connectivity index (χ3v) is 4.28. The van der Waals surface area contributed by atoms with Gasteiger partial charge in [0.1, 0.15) is 5.75 Å². The number of ether oxygens (including phenoxy) is 1. The molecule has 4 rings (SSSR count). The minimum Gasteiger partial charge on any atom is -0.497 e. The molecule has 0 fully saturated rings. The quantitative estimate of drug-likeness (QED) is 0.562. The van der Waals surface area contributed by atoms with Crippen molar-refractivity contribution in [3.05, 3.63) is 48.4 Å². The lowest BCUT2D eigenvalue weighted by atomic mass is 10.1. The van der Waals surface area contributed by atoms with Crippen molar-refractivity contribution >= 4 is 21.8 Å². The summed E-state index contributed by atoms with van der Waals surface area (Å²) in [4.78, 5) is 8.55. The van der Waals surface area contributed by atoms with E-state index in [2.05, 4.69) is 37.9 Å². The summed E-state index contributed by atoms with van der Waals surface area (Å²) in [7, 11) is 1.69. The van der Waals surface area contributed by atoms with Crippen LogP contribution < -0.4 is 4.74 Å². The van der Waals surface area contributed by atoms with Crippen LogP contribution in [0.1, 0.15) is 18.0 Å². The molecular formula is C18H18N4O2. The lowest BCUT2D eigenvalue weighted by Gasteiger charge is -2.07. The van der Waals surface area contributed by atoms with Gasteiger partial charge in [-0.05, 0) is 31.5 Å². The van der Waals surface area contributed by atoms with Crippen LogP contribution in [0.15, 0.2) is 41.3 Å². The van der Waals surface area contributed by atoms with Crippen molar-refractivity contribution in [2.45, 2.75) is 26.3 Å². The maximum atomic E-state index is 5.40. The van der Waals surface area contributed by atoms with Crippen molar-refractivity contribution in [3.63, 3.8) is 0 Å². The zero-order chi connectivity index (χ0) is 16.5. The molecule has 0 bridgehead atoms. The van der Waals surface area contributed by atoms with Crippen LogP contribution in [0.5, 0.6) is 5.75 Å². The molecule has 0 aliphatic heterocycles. The Hall–Kier alpha value is -2.89. The van der Waals surface area contributed by atoms with Crippen LogP contribution in [0.2, 0.25) is 0 Å². The number of hydrogen-bond donors (Lipinski definition) is 0. The Morgan fingerprint density at radius 3 is 2.83 bits per heavy atom. The number of aromatic nitrogens is 4. The molecule has 4 aromatic rings. The van der Waals surface area contributed by atoms with Crippen LogP contribution in [0, 0.1) is 6.92 Å². The Morgan fingerprint density at radius 2 is 2.04 bits per heavy atom. The third-order valence-electron chi connectivity index (χ3n) is 4.28. The zero-order valence-corrected chi connectivity index (χ0v) is 13.7. The summed E-state index contributed by atoms with van der Waals surface area (Å²) in [5, 5.41) is 6.09. The summed E-state index contributed by atoms with van der Waals surface area (Å²) >= 11 is 0. The number of fused-ring (bicyclic) bond motifs is 3. The van der Waals surface area contributed by atoms with Crippen molar-refractivity contribution in [1.82, 2.24) is 19.7 Å². The first-order chi connectivity index (χ1) is 11.8. The van der Waals surface area contributed by atoms with Gasteiger partial charge in [-0.1, -0.05) is 5.16 Å².